The van der Waals surface area contributed by atoms with Crippen LogP contribution in [0.25, 0.3) is 0 Å². The average molecular weight is 359 g/mol. The molecule has 1 saturated heterocycles. The van der Waals surface area contributed by atoms with Crippen molar-refractivity contribution in [3.8, 4) is 0 Å². The van der Waals surface area contributed by atoms with Crippen molar-refractivity contribution in [1.29, 1.82) is 0 Å². The Bertz CT molecular complexity index is 475. The van der Waals surface area contributed by atoms with Crippen molar-refractivity contribution in [2.75, 3.05) is 20.2 Å². The highest BCUT2D eigenvalue weighted by Crippen LogP contribution is 2.20. The van der Waals surface area contributed by atoms with Crippen molar-refractivity contribution in [1.82, 2.24) is 4.90 Å². The maximum absolute atomic E-state index is 12.2. The van der Waals surface area contributed by atoms with Gasteiger partial charge in [0.1, 0.15) is 0 Å². The molecule has 96 valence electrons. The number of hydrogen-bond acceptors (Lipinski definition) is 3. The van der Waals surface area contributed by atoms with Gasteiger partial charge in [-0.15, -0.1) is 0 Å². The summed E-state index contributed by atoms with van der Waals surface area (Å²) in [6.45, 7) is 1.07. The van der Waals surface area contributed by atoms with Crippen molar-refractivity contribution < 1.29 is 14.3 Å². The number of nitrogens with zero attached hydrogens (tertiary/aromatic N) is 1. The molecule has 0 spiro atoms. The zero-order chi connectivity index (χ0) is 13.1. The van der Waals surface area contributed by atoms with Crippen LogP contribution in [-0.2, 0) is 9.53 Å². The third-order valence-corrected chi connectivity index (χ3v) is 3.75. The van der Waals surface area contributed by atoms with Crippen molar-refractivity contribution in [2.24, 2.45) is 5.92 Å². The largest absolute Gasteiger partial charge is 0.469 e. The zero-order valence-electron chi connectivity index (χ0n) is 10.1. The zero-order valence-corrected chi connectivity index (χ0v) is 12.2. The molecular formula is C13H14INO3. The molecule has 0 bridgehead atoms. The Morgan fingerprint density at radius 2 is 2.22 bits per heavy atom. The van der Waals surface area contributed by atoms with Gasteiger partial charge in [0.05, 0.1) is 13.0 Å². The van der Waals surface area contributed by atoms with Gasteiger partial charge < -0.3 is 9.64 Å². The quantitative estimate of drug-likeness (QED) is 0.599. The summed E-state index contributed by atoms with van der Waals surface area (Å²) in [5.41, 5.74) is 0.674. The first-order chi connectivity index (χ1) is 8.61. The summed E-state index contributed by atoms with van der Waals surface area (Å²) in [5.74, 6) is -0.422. The predicted octanol–water partition coefficient (Wildman–Crippen LogP) is 1.93. The Kier molecular flexibility index (Phi) is 4.21. The van der Waals surface area contributed by atoms with Gasteiger partial charge in [0.2, 0.25) is 0 Å². The fourth-order valence-electron chi connectivity index (χ4n) is 2.11. The highest BCUT2D eigenvalue weighted by atomic mass is 127. The van der Waals surface area contributed by atoms with Crippen molar-refractivity contribution >= 4 is 34.5 Å². The Morgan fingerprint density at radius 1 is 1.44 bits per heavy atom. The van der Waals surface area contributed by atoms with Crippen molar-refractivity contribution in [2.45, 2.75) is 6.42 Å². The van der Waals surface area contributed by atoms with Crippen molar-refractivity contribution in [3.05, 3.63) is 33.4 Å². The third-order valence-electron chi connectivity index (χ3n) is 3.08. The van der Waals surface area contributed by atoms with Gasteiger partial charge in [0, 0.05) is 22.2 Å². The standard InChI is InChI=1S/C13H14INO3/c1-18-13(17)10-5-6-15(8-10)12(16)9-3-2-4-11(14)7-9/h2-4,7,10H,5-6,8H2,1H3. The number of ether oxygens (including phenoxy) is 1. The van der Waals surface area contributed by atoms with Gasteiger partial charge in [-0.05, 0) is 47.2 Å². The Balaban J connectivity index is 2.06. The SMILES string of the molecule is COC(=O)C1CCN(C(=O)c2cccc(I)c2)C1. The molecule has 0 saturated carbocycles. The van der Waals surface area contributed by atoms with Gasteiger partial charge in [0.25, 0.3) is 5.91 Å². The van der Waals surface area contributed by atoms with Crippen LogP contribution in [0.2, 0.25) is 0 Å². The summed E-state index contributed by atoms with van der Waals surface area (Å²) in [4.78, 5) is 25.4. The summed E-state index contributed by atoms with van der Waals surface area (Å²) in [7, 11) is 1.38. The minimum absolute atomic E-state index is 0.0140. The molecule has 1 aromatic rings. The van der Waals surface area contributed by atoms with E-state index in [9.17, 15) is 9.59 Å². The van der Waals surface area contributed by atoms with Crippen LogP contribution in [0.4, 0.5) is 0 Å². The minimum Gasteiger partial charge on any atom is -0.469 e. The van der Waals surface area contributed by atoms with E-state index in [0.717, 1.165) is 3.57 Å². The number of hydrogen-bond donors (Lipinski definition) is 0. The lowest BCUT2D eigenvalue weighted by Gasteiger charge is -2.16. The summed E-state index contributed by atoms with van der Waals surface area (Å²) < 4.78 is 5.74. The fourth-order valence-corrected chi connectivity index (χ4v) is 2.65. The second-order valence-electron chi connectivity index (χ2n) is 4.27. The Labute approximate surface area is 119 Å². The molecule has 1 fully saturated rings. The first-order valence-corrected chi connectivity index (χ1v) is 6.82. The van der Waals surface area contributed by atoms with E-state index in [-0.39, 0.29) is 17.8 Å². The molecule has 18 heavy (non-hydrogen) atoms. The van der Waals surface area contributed by atoms with Gasteiger partial charge in [0.15, 0.2) is 0 Å². The highest BCUT2D eigenvalue weighted by Gasteiger charge is 2.32. The number of methoxy groups -OCH3 is 1. The monoisotopic (exact) mass is 359 g/mol. The number of halogens is 1. The van der Waals surface area contributed by atoms with Crippen LogP contribution >= 0.6 is 22.6 Å². The van der Waals surface area contributed by atoms with Crippen LogP contribution in [0.5, 0.6) is 0 Å². The molecule has 1 unspecified atom stereocenters. The fraction of sp³-hybridized carbons (Fsp3) is 0.385. The minimum atomic E-state index is -0.229. The molecule has 0 N–H and O–H groups in total. The summed E-state index contributed by atoms with van der Waals surface area (Å²) in [6.07, 6.45) is 0.683. The lowest BCUT2D eigenvalue weighted by Crippen LogP contribution is -2.30. The Hall–Kier alpha value is -1.11. The molecule has 0 aromatic heterocycles. The molecule has 1 atom stereocenters. The van der Waals surface area contributed by atoms with Crippen LogP contribution in [0.3, 0.4) is 0 Å². The average Bonchev–Trinajstić information content (AvgIpc) is 2.86. The van der Waals surface area contributed by atoms with Crippen LogP contribution in [-0.4, -0.2) is 37.0 Å². The number of amides is 1. The smallest absolute Gasteiger partial charge is 0.310 e. The van der Waals surface area contributed by atoms with E-state index in [1.165, 1.54) is 7.11 Å². The van der Waals surface area contributed by atoms with Gasteiger partial charge >= 0.3 is 5.97 Å². The van der Waals surface area contributed by atoms with Gasteiger partial charge in [-0.3, -0.25) is 9.59 Å². The second-order valence-corrected chi connectivity index (χ2v) is 5.52. The summed E-state index contributed by atoms with van der Waals surface area (Å²) >= 11 is 2.18. The third kappa shape index (κ3) is 2.82. The molecule has 1 aromatic carbocycles. The first-order valence-electron chi connectivity index (χ1n) is 5.74. The molecule has 4 nitrogen and oxygen atoms in total. The second kappa shape index (κ2) is 5.69. The molecule has 1 heterocycles. The summed E-state index contributed by atoms with van der Waals surface area (Å²) in [6, 6.07) is 7.46. The molecular weight excluding hydrogens is 345 g/mol. The molecule has 0 aliphatic carbocycles. The van der Waals surface area contributed by atoms with Crippen LogP contribution in [0, 0.1) is 9.49 Å². The van der Waals surface area contributed by atoms with Gasteiger partial charge in [-0.2, -0.15) is 0 Å². The number of esters is 1. The number of rotatable bonds is 2. The summed E-state index contributed by atoms with van der Waals surface area (Å²) in [5, 5.41) is 0. The van der Waals surface area contributed by atoms with Gasteiger partial charge in [-0.25, -0.2) is 0 Å². The van der Waals surface area contributed by atoms with Gasteiger partial charge in [-0.1, -0.05) is 6.07 Å². The lowest BCUT2D eigenvalue weighted by molar-refractivity contribution is -0.144. The molecule has 5 heteroatoms. The maximum atomic E-state index is 12.2. The number of carbonyl (C=O) groups excluding carboxylic acids is 2. The van der Waals surface area contributed by atoms with E-state index >= 15 is 0 Å². The number of carbonyl (C=O) groups is 2. The van der Waals surface area contributed by atoms with Crippen LogP contribution in [0.15, 0.2) is 24.3 Å². The van der Waals surface area contributed by atoms with E-state index in [2.05, 4.69) is 22.6 Å². The maximum Gasteiger partial charge on any atom is 0.310 e. The number of likely N-dealkylation sites (tertiary alicyclic amines) is 1. The topological polar surface area (TPSA) is 46.6 Å². The van der Waals surface area contributed by atoms with E-state index in [1.54, 1.807) is 11.0 Å². The van der Waals surface area contributed by atoms with E-state index < -0.39 is 0 Å². The molecule has 2 rings (SSSR count). The van der Waals surface area contributed by atoms with Crippen LogP contribution in [0.1, 0.15) is 16.8 Å². The van der Waals surface area contributed by atoms with Crippen LogP contribution < -0.4 is 0 Å². The highest BCUT2D eigenvalue weighted by molar-refractivity contribution is 14.1. The first kappa shape index (κ1) is 13.3. The molecule has 1 aliphatic heterocycles. The van der Waals surface area contributed by atoms with Crippen molar-refractivity contribution in [3.63, 3.8) is 0 Å². The predicted molar refractivity (Wildman–Crippen MR) is 75.2 cm³/mol. The molecule has 1 aliphatic rings. The molecule has 1 amide bonds. The van der Waals surface area contributed by atoms with E-state index in [1.807, 2.05) is 18.2 Å². The normalized spacial score (nSPS) is 18.8. The Morgan fingerprint density at radius 3 is 2.89 bits per heavy atom. The number of benzene rings is 1. The van der Waals surface area contributed by atoms with E-state index in [0.29, 0.717) is 25.1 Å². The van der Waals surface area contributed by atoms with E-state index in [4.69, 9.17) is 4.74 Å². The molecule has 0 radical (unpaired) electrons. The lowest BCUT2D eigenvalue weighted by atomic mass is 10.1.